The van der Waals surface area contributed by atoms with Gasteiger partial charge in [0.15, 0.2) is 0 Å². The quantitative estimate of drug-likeness (QED) is 0.198. The third-order valence-electron chi connectivity index (χ3n) is 6.77. The summed E-state index contributed by atoms with van der Waals surface area (Å²) >= 11 is -3.53. The van der Waals surface area contributed by atoms with E-state index in [4.69, 9.17) is 4.74 Å². The third kappa shape index (κ3) is 4.78. The maximum atomic E-state index is 6.63. The van der Waals surface area contributed by atoms with Crippen molar-refractivity contribution in [3.05, 3.63) is 99.8 Å². The Morgan fingerprint density at radius 1 is 0.647 bits per heavy atom. The van der Waals surface area contributed by atoms with Crippen LogP contribution < -0.4 is 10.7 Å². The molecule has 0 fully saturated rings. The van der Waals surface area contributed by atoms with Crippen molar-refractivity contribution in [1.82, 2.24) is 0 Å². The van der Waals surface area contributed by atoms with Crippen LogP contribution in [-0.4, -0.2) is 46.0 Å². The van der Waals surface area contributed by atoms with E-state index in [1.165, 1.54) is 5.50 Å². The Bertz CT molecular complexity index is 1020. The molecule has 3 aromatic rings. The van der Waals surface area contributed by atoms with Gasteiger partial charge in [0.25, 0.3) is 0 Å². The van der Waals surface area contributed by atoms with Gasteiger partial charge >= 0.3 is 215 Å². The van der Waals surface area contributed by atoms with E-state index in [0.29, 0.717) is 0 Å². The first kappa shape index (κ1) is 25.9. The molecule has 0 amide bonds. The standard InChI is InChI=1S/C11H24OPSi2.3C6H5.Sn/c1-8-12-10-9-13(10)11(14(2,3)4)15(5,6)7;3*1-2-4-6-5-3-1;/h11H,8H2,1-7H3;3*1-5H;. The van der Waals surface area contributed by atoms with Gasteiger partial charge in [-0.2, -0.15) is 0 Å². The van der Waals surface area contributed by atoms with Gasteiger partial charge in [-0.1, -0.05) is 0 Å². The predicted octanol–water partition coefficient (Wildman–Crippen LogP) is 6.52. The molecule has 34 heavy (non-hydrogen) atoms. The summed E-state index contributed by atoms with van der Waals surface area (Å²) < 4.78 is 13.0. The summed E-state index contributed by atoms with van der Waals surface area (Å²) in [6, 6.07) is 34.4. The first-order chi connectivity index (χ1) is 16.1. The van der Waals surface area contributed by atoms with Gasteiger partial charge in [0.05, 0.1) is 0 Å². The van der Waals surface area contributed by atoms with Gasteiger partial charge in [-0.25, -0.2) is 0 Å². The fraction of sp³-hybridized carbons (Fsp3) is 0.310. The van der Waals surface area contributed by atoms with Crippen molar-refractivity contribution in [2.45, 2.75) is 51.1 Å². The van der Waals surface area contributed by atoms with E-state index in [2.05, 4.69) is 137 Å². The monoisotopic (exact) mass is 610 g/mol. The van der Waals surface area contributed by atoms with Crippen LogP contribution in [0.25, 0.3) is 0 Å². The summed E-state index contributed by atoms with van der Waals surface area (Å²) in [6.07, 6.45) is 0. The summed E-state index contributed by atoms with van der Waals surface area (Å²) in [5.74, 6) is 0. The molecule has 0 aromatic heterocycles. The zero-order valence-electron chi connectivity index (χ0n) is 21.8. The van der Waals surface area contributed by atoms with E-state index >= 15 is 0 Å². The molecule has 0 aliphatic carbocycles. The molecule has 1 atom stereocenters. The average Bonchev–Trinajstić information content (AvgIpc) is 3.47. The summed E-state index contributed by atoms with van der Waals surface area (Å²) in [5.41, 5.74) is 1.42. The van der Waals surface area contributed by atoms with Gasteiger partial charge in [-0.05, 0) is 0 Å². The summed E-state index contributed by atoms with van der Waals surface area (Å²) in [5, 5.41) is 0. The predicted molar refractivity (Wildman–Crippen MR) is 160 cm³/mol. The van der Waals surface area contributed by atoms with Crippen LogP contribution in [-0.2, 0) is 4.74 Å². The van der Waals surface area contributed by atoms with Crippen molar-refractivity contribution in [3.63, 3.8) is 0 Å². The molecule has 0 bridgehead atoms. The fourth-order valence-electron chi connectivity index (χ4n) is 6.07. The van der Waals surface area contributed by atoms with Crippen LogP contribution in [0.15, 0.2) is 99.8 Å². The van der Waals surface area contributed by atoms with E-state index in [1.807, 2.05) is 0 Å². The van der Waals surface area contributed by atoms with Crippen molar-refractivity contribution in [2.24, 2.45) is 0 Å². The molecule has 178 valence electrons. The van der Waals surface area contributed by atoms with Gasteiger partial charge < -0.3 is 0 Å². The Kier molecular flexibility index (Phi) is 7.69. The number of hydrogen-bond donors (Lipinski definition) is 0. The van der Waals surface area contributed by atoms with Crippen molar-refractivity contribution in [2.75, 3.05) is 6.61 Å². The Hall–Kier alpha value is -1.14. The fourth-order valence-corrected chi connectivity index (χ4v) is 49.6. The van der Waals surface area contributed by atoms with E-state index in [-0.39, 0.29) is 7.92 Å². The molecule has 0 spiro atoms. The molecule has 0 N–H and O–H groups in total. The van der Waals surface area contributed by atoms with Crippen molar-refractivity contribution >= 4 is 53.2 Å². The topological polar surface area (TPSA) is 9.23 Å². The first-order valence-electron chi connectivity index (χ1n) is 12.5. The van der Waals surface area contributed by atoms with Crippen LogP contribution in [0, 0.1) is 0 Å². The minimum atomic E-state index is -3.53. The molecule has 0 radical (unpaired) electrons. The van der Waals surface area contributed by atoms with Gasteiger partial charge in [0, 0.05) is 0 Å². The molecule has 0 saturated carbocycles. The van der Waals surface area contributed by atoms with Gasteiger partial charge in [-0.15, -0.1) is 0 Å². The molecule has 1 aliphatic heterocycles. The molecule has 1 unspecified atom stereocenters. The summed E-state index contributed by atoms with van der Waals surface area (Å²) in [4.78, 5) is 0.832. The zero-order chi connectivity index (χ0) is 24.6. The van der Waals surface area contributed by atoms with Crippen LogP contribution in [0.5, 0.6) is 0 Å². The average molecular weight is 609 g/mol. The molecular weight excluding hydrogens is 570 g/mol. The Morgan fingerprint density at radius 2 is 1.00 bits per heavy atom. The number of hydrogen-bond acceptors (Lipinski definition) is 1. The second-order valence-electron chi connectivity index (χ2n) is 11.4. The van der Waals surface area contributed by atoms with Crippen molar-refractivity contribution < 1.29 is 4.74 Å². The van der Waals surface area contributed by atoms with E-state index < -0.39 is 34.5 Å². The minimum absolute atomic E-state index is 0.354. The van der Waals surface area contributed by atoms with Crippen molar-refractivity contribution in [1.29, 1.82) is 0 Å². The van der Waals surface area contributed by atoms with Crippen LogP contribution >= 0.6 is 7.92 Å². The van der Waals surface area contributed by atoms with E-state index in [1.54, 1.807) is 14.1 Å². The van der Waals surface area contributed by atoms with Gasteiger partial charge in [0.1, 0.15) is 0 Å². The molecular formula is C29H39OPSi2Sn. The first-order valence-corrected chi connectivity index (χ1v) is 26.7. The SMILES string of the molecule is CCOC1=[C]([Sn]([c]2ccccc2)([c]2ccccc2)[c]2ccccc2)P1C([Si](C)(C)C)[Si](C)(C)C. The molecule has 1 heterocycles. The number of rotatable bonds is 9. The zero-order valence-corrected chi connectivity index (χ0v) is 27.5. The molecule has 5 heteroatoms. The Morgan fingerprint density at radius 3 is 1.29 bits per heavy atom. The van der Waals surface area contributed by atoms with Crippen LogP contribution in [0.4, 0.5) is 0 Å². The second-order valence-corrected chi connectivity index (χ2v) is 37.6. The normalized spacial score (nSPS) is 16.6. The number of ether oxygens (including phenoxy) is 1. The molecule has 4 rings (SSSR count). The summed E-state index contributed by atoms with van der Waals surface area (Å²) in [7, 11) is -3.18. The Balaban J connectivity index is 2.06. The summed E-state index contributed by atoms with van der Waals surface area (Å²) in [6.45, 7) is 18.5. The van der Waals surface area contributed by atoms with E-state index in [9.17, 15) is 0 Å². The molecule has 1 nitrogen and oxygen atoms in total. The number of benzene rings is 3. The second kappa shape index (κ2) is 10.1. The van der Waals surface area contributed by atoms with Crippen LogP contribution in [0.3, 0.4) is 0 Å². The van der Waals surface area contributed by atoms with Crippen LogP contribution in [0.1, 0.15) is 6.92 Å². The van der Waals surface area contributed by atoms with Crippen LogP contribution in [0.2, 0.25) is 39.3 Å². The van der Waals surface area contributed by atoms with Gasteiger partial charge in [0.2, 0.25) is 0 Å². The Labute approximate surface area is 214 Å². The van der Waals surface area contributed by atoms with E-state index in [0.717, 1.165) is 11.5 Å². The molecule has 0 saturated heterocycles. The van der Waals surface area contributed by atoms with Crippen molar-refractivity contribution in [3.8, 4) is 0 Å². The molecule has 3 aromatic carbocycles. The molecule has 1 aliphatic rings. The third-order valence-corrected chi connectivity index (χ3v) is 41.1. The maximum absolute atomic E-state index is 6.63. The van der Waals surface area contributed by atoms with Gasteiger partial charge in [-0.3, -0.25) is 0 Å².